The standard InChI is InChI=1S/C19H22O7/c1-3-14-15(16(18(22)24-2)11-25-19(14)23)10-17(21)26-13-6-4-12(5-7-13)8-9-20/h3-7,11,14-15,19-20,23H,1,8-10H2,2H3. The third-order valence-corrected chi connectivity index (χ3v) is 4.16. The molecule has 1 aliphatic heterocycles. The molecule has 1 aliphatic rings. The van der Waals surface area contributed by atoms with E-state index in [2.05, 4.69) is 6.58 Å². The number of carbonyl (C=O) groups excluding carboxylic acids is 2. The molecule has 140 valence electrons. The average Bonchev–Trinajstić information content (AvgIpc) is 2.63. The molecule has 3 unspecified atom stereocenters. The minimum atomic E-state index is -1.21. The van der Waals surface area contributed by atoms with Crippen LogP contribution in [-0.2, 0) is 25.5 Å². The van der Waals surface area contributed by atoms with E-state index in [0.29, 0.717) is 12.2 Å². The normalized spacial score (nSPS) is 22.0. The quantitative estimate of drug-likeness (QED) is 0.429. The number of aliphatic hydroxyl groups excluding tert-OH is 2. The van der Waals surface area contributed by atoms with Crippen LogP contribution in [0.25, 0.3) is 0 Å². The number of hydrogen-bond acceptors (Lipinski definition) is 7. The first-order valence-electron chi connectivity index (χ1n) is 8.15. The Morgan fingerprint density at radius 2 is 2.00 bits per heavy atom. The Labute approximate surface area is 151 Å². The van der Waals surface area contributed by atoms with Crippen LogP contribution in [0.2, 0.25) is 0 Å². The molecule has 1 aromatic rings. The van der Waals surface area contributed by atoms with Crippen LogP contribution in [0.15, 0.2) is 48.8 Å². The maximum absolute atomic E-state index is 12.3. The van der Waals surface area contributed by atoms with Crippen molar-refractivity contribution < 1.29 is 34.0 Å². The van der Waals surface area contributed by atoms with Crippen LogP contribution in [-0.4, -0.2) is 42.2 Å². The van der Waals surface area contributed by atoms with Crippen molar-refractivity contribution in [2.45, 2.75) is 19.1 Å². The highest BCUT2D eigenvalue weighted by Crippen LogP contribution is 2.34. The summed E-state index contributed by atoms with van der Waals surface area (Å²) in [5, 5.41) is 18.8. The minimum absolute atomic E-state index is 0.0385. The first-order valence-corrected chi connectivity index (χ1v) is 8.15. The van der Waals surface area contributed by atoms with E-state index in [-0.39, 0.29) is 18.6 Å². The maximum atomic E-state index is 12.3. The van der Waals surface area contributed by atoms with Crippen molar-refractivity contribution >= 4 is 11.9 Å². The molecule has 0 saturated carbocycles. The molecule has 3 atom stereocenters. The lowest BCUT2D eigenvalue weighted by atomic mass is 9.82. The van der Waals surface area contributed by atoms with Gasteiger partial charge < -0.3 is 24.4 Å². The van der Waals surface area contributed by atoms with E-state index in [4.69, 9.17) is 19.3 Å². The molecule has 0 bridgehead atoms. The Balaban J connectivity index is 2.10. The zero-order valence-electron chi connectivity index (χ0n) is 14.5. The van der Waals surface area contributed by atoms with E-state index in [1.165, 1.54) is 13.2 Å². The topological polar surface area (TPSA) is 102 Å². The fourth-order valence-corrected chi connectivity index (χ4v) is 2.78. The highest BCUT2D eigenvalue weighted by Gasteiger charge is 2.39. The van der Waals surface area contributed by atoms with Crippen LogP contribution < -0.4 is 4.74 Å². The lowest BCUT2D eigenvalue weighted by Gasteiger charge is -2.32. The third kappa shape index (κ3) is 4.71. The highest BCUT2D eigenvalue weighted by molar-refractivity contribution is 5.90. The van der Waals surface area contributed by atoms with E-state index in [9.17, 15) is 14.7 Å². The van der Waals surface area contributed by atoms with Gasteiger partial charge in [-0.2, -0.15) is 0 Å². The first-order chi connectivity index (χ1) is 12.5. The summed E-state index contributed by atoms with van der Waals surface area (Å²) in [4.78, 5) is 24.2. The summed E-state index contributed by atoms with van der Waals surface area (Å²) in [7, 11) is 1.22. The summed E-state index contributed by atoms with van der Waals surface area (Å²) in [6, 6.07) is 6.76. The SMILES string of the molecule is C=CC1C(O)OC=C(C(=O)OC)C1CC(=O)Oc1ccc(CCO)cc1. The number of hydrogen-bond donors (Lipinski definition) is 2. The fraction of sp³-hybridized carbons (Fsp3) is 0.368. The molecule has 0 saturated heterocycles. The molecule has 0 aliphatic carbocycles. The zero-order valence-corrected chi connectivity index (χ0v) is 14.5. The number of ether oxygens (including phenoxy) is 3. The van der Waals surface area contributed by atoms with Gasteiger partial charge in [-0.1, -0.05) is 18.2 Å². The third-order valence-electron chi connectivity index (χ3n) is 4.16. The predicted molar refractivity (Wildman–Crippen MR) is 91.9 cm³/mol. The molecule has 0 radical (unpaired) electrons. The molecule has 1 heterocycles. The Morgan fingerprint density at radius 1 is 1.31 bits per heavy atom. The van der Waals surface area contributed by atoms with Gasteiger partial charge in [-0.3, -0.25) is 4.79 Å². The maximum Gasteiger partial charge on any atom is 0.337 e. The smallest absolute Gasteiger partial charge is 0.337 e. The van der Waals surface area contributed by atoms with Gasteiger partial charge in [0.1, 0.15) is 5.75 Å². The second-order valence-electron chi connectivity index (χ2n) is 5.81. The van der Waals surface area contributed by atoms with E-state index in [0.717, 1.165) is 11.8 Å². The molecule has 1 aromatic carbocycles. The largest absolute Gasteiger partial charge is 0.472 e. The van der Waals surface area contributed by atoms with Crippen LogP contribution >= 0.6 is 0 Å². The van der Waals surface area contributed by atoms with Gasteiger partial charge in [0.15, 0.2) is 0 Å². The van der Waals surface area contributed by atoms with E-state index in [1.807, 2.05) is 0 Å². The second kappa shape index (κ2) is 9.17. The number of esters is 2. The van der Waals surface area contributed by atoms with Crippen molar-refractivity contribution in [1.29, 1.82) is 0 Å². The second-order valence-corrected chi connectivity index (χ2v) is 5.81. The van der Waals surface area contributed by atoms with Crippen molar-refractivity contribution in [1.82, 2.24) is 0 Å². The lowest BCUT2D eigenvalue weighted by Crippen LogP contribution is -2.37. The van der Waals surface area contributed by atoms with Crippen molar-refractivity contribution in [3.8, 4) is 5.75 Å². The van der Waals surface area contributed by atoms with Crippen LogP contribution in [0.3, 0.4) is 0 Å². The number of methoxy groups -OCH3 is 1. The molecule has 26 heavy (non-hydrogen) atoms. The summed E-state index contributed by atoms with van der Waals surface area (Å²) in [5.74, 6) is -2.20. The van der Waals surface area contributed by atoms with Crippen molar-refractivity contribution in [3.63, 3.8) is 0 Å². The number of aliphatic hydroxyl groups is 2. The summed E-state index contributed by atoms with van der Waals surface area (Å²) in [6.45, 7) is 3.67. The van der Waals surface area contributed by atoms with Crippen molar-refractivity contribution in [2.24, 2.45) is 11.8 Å². The lowest BCUT2D eigenvalue weighted by molar-refractivity contribution is -0.144. The predicted octanol–water partition coefficient (Wildman–Crippen LogP) is 1.34. The Kier molecular flexibility index (Phi) is 6.94. The molecule has 2 rings (SSSR count). The Bertz CT molecular complexity index is 678. The first kappa shape index (κ1) is 19.7. The average molecular weight is 362 g/mol. The number of carbonyl (C=O) groups is 2. The Hall–Kier alpha value is -2.64. The summed E-state index contributed by atoms with van der Waals surface area (Å²) < 4.78 is 15.0. The van der Waals surface area contributed by atoms with Gasteiger partial charge in [-0.25, -0.2) is 4.79 Å². The molecule has 0 fully saturated rings. The van der Waals surface area contributed by atoms with E-state index >= 15 is 0 Å². The van der Waals surface area contributed by atoms with Gasteiger partial charge in [0.25, 0.3) is 0 Å². The summed E-state index contributed by atoms with van der Waals surface area (Å²) >= 11 is 0. The van der Waals surface area contributed by atoms with Crippen LogP contribution in [0.5, 0.6) is 5.75 Å². The molecular formula is C19H22O7. The van der Waals surface area contributed by atoms with E-state index < -0.39 is 30.1 Å². The molecule has 0 spiro atoms. The minimum Gasteiger partial charge on any atom is -0.472 e. The van der Waals surface area contributed by atoms with Gasteiger partial charge in [0, 0.05) is 18.4 Å². The molecule has 7 nitrogen and oxygen atoms in total. The van der Waals surface area contributed by atoms with Crippen LogP contribution in [0, 0.1) is 11.8 Å². The van der Waals surface area contributed by atoms with Gasteiger partial charge in [-0.05, 0) is 24.1 Å². The van der Waals surface area contributed by atoms with Crippen molar-refractivity contribution in [3.05, 3.63) is 54.3 Å². The molecular weight excluding hydrogens is 340 g/mol. The van der Waals surface area contributed by atoms with Gasteiger partial charge in [0.2, 0.25) is 6.29 Å². The fourth-order valence-electron chi connectivity index (χ4n) is 2.78. The summed E-state index contributed by atoms with van der Waals surface area (Å²) in [6.07, 6.45) is 1.69. The summed E-state index contributed by atoms with van der Waals surface area (Å²) in [5.41, 5.74) is 1.06. The van der Waals surface area contributed by atoms with Crippen LogP contribution in [0.4, 0.5) is 0 Å². The molecule has 0 amide bonds. The van der Waals surface area contributed by atoms with Gasteiger partial charge in [0.05, 0.1) is 25.4 Å². The number of benzene rings is 1. The monoisotopic (exact) mass is 362 g/mol. The highest BCUT2D eigenvalue weighted by atomic mass is 16.6. The van der Waals surface area contributed by atoms with Gasteiger partial charge in [-0.15, -0.1) is 6.58 Å². The van der Waals surface area contributed by atoms with Crippen LogP contribution in [0.1, 0.15) is 12.0 Å². The van der Waals surface area contributed by atoms with Crippen molar-refractivity contribution in [2.75, 3.05) is 13.7 Å². The Morgan fingerprint density at radius 3 is 2.58 bits per heavy atom. The zero-order chi connectivity index (χ0) is 19.1. The molecule has 2 N–H and O–H groups in total. The van der Waals surface area contributed by atoms with E-state index in [1.54, 1.807) is 24.3 Å². The molecule has 7 heteroatoms. The molecule has 0 aromatic heterocycles. The number of rotatable bonds is 7. The van der Waals surface area contributed by atoms with Gasteiger partial charge >= 0.3 is 11.9 Å².